The minimum atomic E-state index is -0.191. The summed E-state index contributed by atoms with van der Waals surface area (Å²) in [6.45, 7) is 2.52. The lowest BCUT2D eigenvalue weighted by molar-refractivity contribution is 0.248. The van der Waals surface area contributed by atoms with Gasteiger partial charge in [-0.3, -0.25) is 4.90 Å². The Balaban J connectivity index is 1.48. The van der Waals surface area contributed by atoms with Gasteiger partial charge >= 0.3 is 0 Å². The van der Waals surface area contributed by atoms with Gasteiger partial charge in [-0.05, 0) is 47.0 Å². The molecule has 1 aliphatic heterocycles. The maximum Gasteiger partial charge on any atom is 0.123 e. The molecule has 4 rings (SSSR count). The molecule has 2 nitrogen and oxygen atoms in total. The van der Waals surface area contributed by atoms with Gasteiger partial charge in [0.2, 0.25) is 0 Å². The molecule has 3 aromatic carbocycles. The SMILES string of the molecule is CN1CN(Cc2ccc(F)cc2)Cc2cc(C#CCc3ccccc3)ccc21. The zero-order valence-corrected chi connectivity index (χ0v) is 16.0. The van der Waals surface area contributed by atoms with Crippen molar-refractivity contribution in [1.29, 1.82) is 0 Å². The van der Waals surface area contributed by atoms with E-state index in [1.54, 1.807) is 0 Å². The Labute approximate surface area is 166 Å². The summed E-state index contributed by atoms with van der Waals surface area (Å²) < 4.78 is 13.1. The van der Waals surface area contributed by atoms with Gasteiger partial charge in [-0.15, -0.1) is 0 Å². The zero-order valence-electron chi connectivity index (χ0n) is 16.0. The molecule has 0 spiro atoms. The maximum absolute atomic E-state index is 13.1. The Bertz CT molecular complexity index is 1000. The summed E-state index contributed by atoms with van der Waals surface area (Å²) in [6.07, 6.45) is 0.758. The molecule has 0 N–H and O–H groups in total. The van der Waals surface area contributed by atoms with Crippen LogP contribution in [-0.2, 0) is 19.5 Å². The summed E-state index contributed by atoms with van der Waals surface area (Å²) in [5.74, 6) is 6.39. The standard InChI is InChI=1S/C25H23FN2/c1-27-19-28(17-22-10-13-24(26)14-11-22)18-23-16-21(12-15-25(23)27)9-5-8-20-6-3-2-4-7-20/h2-4,6-7,10-16H,8,17-19H2,1H3. The molecule has 0 saturated heterocycles. The Morgan fingerprint density at radius 3 is 2.50 bits per heavy atom. The van der Waals surface area contributed by atoms with E-state index in [9.17, 15) is 4.39 Å². The van der Waals surface area contributed by atoms with Crippen LogP contribution in [0, 0.1) is 17.7 Å². The summed E-state index contributed by atoms with van der Waals surface area (Å²) in [5, 5.41) is 0. The molecule has 1 aliphatic rings. The van der Waals surface area contributed by atoms with Crippen molar-refractivity contribution in [2.24, 2.45) is 0 Å². The first-order chi connectivity index (χ1) is 13.7. The fraction of sp³-hybridized carbons (Fsp3) is 0.200. The van der Waals surface area contributed by atoms with E-state index >= 15 is 0 Å². The number of nitrogens with zero attached hydrogens (tertiary/aromatic N) is 2. The van der Waals surface area contributed by atoms with Gasteiger partial charge in [0.05, 0.1) is 6.67 Å². The Hall–Kier alpha value is -3.09. The Kier molecular flexibility index (Phi) is 5.41. The van der Waals surface area contributed by atoms with Gasteiger partial charge in [-0.25, -0.2) is 4.39 Å². The van der Waals surface area contributed by atoms with Gasteiger partial charge in [-0.2, -0.15) is 0 Å². The van der Waals surface area contributed by atoms with Crippen LogP contribution in [0.2, 0.25) is 0 Å². The number of rotatable bonds is 3. The summed E-state index contributed by atoms with van der Waals surface area (Å²) in [6, 6.07) is 23.5. The third kappa shape index (κ3) is 4.42. The molecule has 0 aliphatic carbocycles. The number of hydrogen-bond donors (Lipinski definition) is 0. The maximum atomic E-state index is 13.1. The lowest BCUT2D eigenvalue weighted by Gasteiger charge is -2.36. The third-order valence-electron chi connectivity index (χ3n) is 4.98. The van der Waals surface area contributed by atoms with Crippen molar-refractivity contribution >= 4 is 5.69 Å². The van der Waals surface area contributed by atoms with Crippen molar-refractivity contribution < 1.29 is 4.39 Å². The van der Waals surface area contributed by atoms with Crippen molar-refractivity contribution in [3.8, 4) is 11.8 Å². The molecule has 28 heavy (non-hydrogen) atoms. The average Bonchev–Trinajstić information content (AvgIpc) is 2.70. The summed E-state index contributed by atoms with van der Waals surface area (Å²) in [7, 11) is 2.11. The van der Waals surface area contributed by atoms with Gasteiger partial charge in [0.1, 0.15) is 5.82 Å². The third-order valence-corrected chi connectivity index (χ3v) is 4.98. The molecule has 0 aromatic heterocycles. The van der Waals surface area contributed by atoms with Gasteiger partial charge < -0.3 is 4.90 Å². The average molecular weight is 370 g/mol. The lowest BCUT2D eigenvalue weighted by atomic mass is 10.0. The second kappa shape index (κ2) is 8.29. The Morgan fingerprint density at radius 2 is 1.71 bits per heavy atom. The summed E-state index contributed by atoms with van der Waals surface area (Å²) in [4.78, 5) is 4.61. The van der Waals surface area contributed by atoms with Crippen molar-refractivity contribution in [3.63, 3.8) is 0 Å². The fourth-order valence-electron chi connectivity index (χ4n) is 3.63. The van der Waals surface area contributed by atoms with Gasteiger partial charge in [-0.1, -0.05) is 54.3 Å². The molecular weight excluding hydrogens is 347 g/mol. The highest BCUT2D eigenvalue weighted by molar-refractivity contribution is 5.58. The van der Waals surface area contributed by atoms with E-state index in [-0.39, 0.29) is 5.82 Å². The van der Waals surface area contributed by atoms with E-state index in [4.69, 9.17) is 0 Å². The zero-order chi connectivity index (χ0) is 19.3. The van der Waals surface area contributed by atoms with Crippen molar-refractivity contribution in [2.75, 3.05) is 18.6 Å². The topological polar surface area (TPSA) is 6.48 Å². The molecule has 140 valence electrons. The summed E-state index contributed by atoms with van der Waals surface area (Å²) in [5.41, 5.74) is 5.94. The number of anilines is 1. The fourth-order valence-corrected chi connectivity index (χ4v) is 3.63. The van der Waals surface area contributed by atoms with Crippen molar-refractivity contribution in [2.45, 2.75) is 19.5 Å². The Morgan fingerprint density at radius 1 is 0.929 bits per heavy atom. The number of halogens is 1. The molecule has 3 aromatic rings. The molecule has 1 heterocycles. The normalized spacial score (nSPS) is 13.6. The first kappa shape index (κ1) is 18.3. The quantitative estimate of drug-likeness (QED) is 0.610. The monoisotopic (exact) mass is 370 g/mol. The predicted molar refractivity (Wildman–Crippen MR) is 112 cm³/mol. The van der Waals surface area contributed by atoms with Crippen LogP contribution < -0.4 is 4.90 Å². The number of hydrogen-bond acceptors (Lipinski definition) is 2. The van der Waals surface area contributed by atoms with Crippen LogP contribution in [0.3, 0.4) is 0 Å². The molecular formula is C25H23FN2. The smallest absolute Gasteiger partial charge is 0.123 e. The van der Waals surface area contributed by atoms with E-state index in [1.165, 1.54) is 28.9 Å². The molecule has 0 amide bonds. The molecule has 0 saturated carbocycles. The predicted octanol–water partition coefficient (Wildman–Crippen LogP) is 4.83. The van der Waals surface area contributed by atoms with Crippen LogP contribution in [0.25, 0.3) is 0 Å². The van der Waals surface area contributed by atoms with Crippen LogP contribution in [-0.4, -0.2) is 18.6 Å². The lowest BCUT2D eigenvalue weighted by Crippen LogP contribution is -2.39. The number of benzene rings is 3. The minimum Gasteiger partial charge on any atom is -0.361 e. The second-order valence-electron chi connectivity index (χ2n) is 7.26. The first-order valence-corrected chi connectivity index (χ1v) is 9.51. The molecule has 0 fully saturated rings. The van der Waals surface area contributed by atoms with E-state index in [0.29, 0.717) is 0 Å². The van der Waals surface area contributed by atoms with E-state index in [0.717, 1.165) is 37.3 Å². The largest absolute Gasteiger partial charge is 0.361 e. The highest BCUT2D eigenvalue weighted by Gasteiger charge is 2.20. The molecule has 3 heteroatoms. The van der Waals surface area contributed by atoms with Crippen molar-refractivity contribution in [3.05, 3.63) is 101 Å². The van der Waals surface area contributed by atoms with Crippen molar-refractivity contribution in [1.82, 2.24) is 4.90 Å². The molecule has 0 bridgehead atoms. The molecule has 0 atom stereocenters. The van der Waals surface area contributed by atoms with Crippen LogP contribution in [0.5, 0.6) is 0 Å². The first-order valence-electron chi connectivity index (χ1n) is 9.51. The van der Waals surface area contributed by atoms with E-state index in [2.05, 4.69) is 59.0 Å². The molecule has 0 unspecified atom stereocenters. The van der Waals surface area contributed by atoms with Gasteiger partial charge in [0.25, 0.3) is 0 Å². The summed E-state index contributed by atoms with van der Waals surface area (Å²) >= 11 is 0. The van der Waals surface area contributed by atoms with E-state index in [1.807, 2.05) is 30.3 Å². The van der Waals surface area contributed by atoms with Gasteiger partial charge in [0.15, 0.2) is 0 Å². The van der Waals surface area contributed by atoms with Crippen LogP contribution in [0.15, 0.2) is 72.8 Å². The number of fused-ring (bicyclic) bond motifs is 1. The van der Waals surface area contributed by atoms with E-state index < -0.39 is 0 Å². The minimum absolute atomic E-state index is 0.191. The van der Waals surface area contributed by atoms with Crippen LogP contribution in [0.4, 0.5) is 10.1 Å². The van der Waals surface area contributed by atoms with Crippen LogP contribution in [0.1, 0.15) is 22.3 Å². The molecule has 0 radical (unpaired) electrons. The van der Waals surface area contributed by atoms with Gasteiger partial charge in [0, 0.05) is 37.8 Å². The highest BCUT2D eigenvalue weighted by atomic mass is 19.1. The highest BCUT2D eigenvalue weighted by Crippen LogP contribution is 2.28. The second-order valence-corrected chi connectivity index (χ2v) is 7.26. The van der Waals surface area contributed by atoms with Crippen LogP contribution >= 0.6 is 0 Å².